The van der Waals surface area contributed by atoms with Crippen molar-refractivity contribution < 1.29 is 23.4 Å². The Bertz CT molecular complexity index is 1450. The molecule has 182 valence electrons. The highest BCUT2D eigenvalue weighted by Gasteiger charge is 2.34. The van der Waals surface area contributed by atoms with Gasteiger partial charge in [0.15, 0.2) is 16.3 Å². The first kappa shape index (κ1) is 24.3. The minimum Gasteiger partial charge on any atom is -0.490 e. The van der Waals surface area contributed by atoms with E-state index in [-0.39, 0.29) is 12.2 Å². The van der Waals surface area contributed by atoms with E-state index >= 15 is 0 Å². The van der Waals surface area contributed by atoms with Crippen molar-refractivity contribution in [2.45, 2.75) is 26.8 Å². The monoisotopic (exact) mass is 494 g/mol. The van der Waals surface area contributed by atoms with Gasteiger partial charge < -0.3 is 18.6 Å². The van der Waals surface area contributed by atoms with E-state index in [4.69, 9.17) is 18.6 Å². The van der Waals surface area contributed by atoms with Crippen LogP contribution < -0.4 is 24.4 Å². The fraction of sp³-hybridized carbons (Fsp3) is 0.269. The molecule has 0 radical (unpaired) electrons. The van der Waals surface area contributed by atoms with Gasteiger partial charge >= 0.3 is 5.97 Å². The predicted molar refractivity (Wildman–Crippen MR) is 132 cm³/mol. The molecule has 3 heterocycles. The van der Waals surface area contributed by atoms with Crippen molar-refractivity contribution in [3.63, 3.8) is 0 Å². The van der Waals surface area contributed by atoms with E-state index in [9.17, 15) is 9.59 Å². The van der Waals surface area contributed by atoms with E-state index in [1.165, 1.54) is 15.9 Å². The van der Waals surface area contributed by atoms with Crippen LogP contribution in [0.5, 0.6) is 11.5 Å². The summed E-state index contributed by atoms with van der Waals surface area (Å²) in [5.41, 5.74) is 1.17. The minimum atomic E-state index is -0.753. The van der Waals surface area contributed by atoms with Crippen molar-refractivity contribution in [2.24, 2.45) is 4.99 Å². The molecule has 0 bridgehead atoms. The Morgan fingerprint density at radius 1 is 1.23 bits per heavy atom. The van der Waals surface area contributed by atoms with Gasteiger partial charge in [-0.2, -0.15) is 0 Å². The molecule has 0 unspecified atom stereocenters. The van der Waals surface area contributed by atoms with Gasteiger partial charge in [0.1, 0.15) is 12.4 Å². The lowest BCUT2D eigenvalue weighted by Crippen LogP contribution is -2.40. The quantitative estimate of drug-likeness (QED) is 0.335. The number of fused-ring (bicyclic) bond motifs is 1. The number of aromatic nitrogens is 1. The molecule has 9 heteroatoms. The number of carbonyl (C=O) groups is 1. The number of nitrogens with zero attached hydrogens (tertiary/aromatic N) is 2. The molecule has 1 aromatic carbocycles. The standard InChI is InChI=1S/C26H26N2O6S/c1-5-12-34-19-11-10-17(14-20(19)31-6-2)23-22(25(30)32-7-3)16(4)27-26-28(23)24(29)21(35-26)15-18-9-8-13-33-18/h5,8-11,13-15,23H,1,6-7,12H2,2-4H3/b21-15+/t23-/m0/s1. The number of esters is 1. The van der Waals surface area contributed by atoms with Crippen molar-refractivity contribution in [1.82, 2.24) is 4.57 Å². The average Bonchev–Trinajstić information content (AvgIpc) is 3.45. The summed E-state index contributed by atoms with van der Waals surface area (Å²) in [6.45, 7) is 9.96. The van der Waals surface area contributed by atoms with Crippen molar-refractivity contribution in [3.05, 3.63) is 91.5 Å². The van der Waals surface area contributed by atoms with Gasteiger partial charge in [-0.1, -0.05) is 30.1 Å². The summed E-state index contributed by atoms with van der Waals surface area (Å²) in [6, 6.07) is 8.13. The van der Waals surface area contributed by atoms with Gasteiger partial charge in [-0.25, -0.2) is 9.79 Å². The maximum atomic E-state index is 13.6. The van der Waals surface area contributed by atoms with E-state index in [0.717, 1.165) is 0 Å². The van der Waals surface area contributed by atoms with Gasteiger partial charge in [0, 0.05) is 6.08 Å². The first-order chi connectivity index (χ1) is 17.0. The molecular weight excluding hydrogens is 468 g/mol. The fourth-order valence-corrected chi connectivity index (χ4v) is 4.87. The van der Waals surface area contributed by atoms with E-state index in [1.54, 1.807) is 56.5 Å². The maximum Gasteiger partial charge on any atom is 0.338 e. The lowest BCUT2D eigenvalue weighted by Gasteiger charge is -2.25. The lowest BCUT2D eigenvalue weighted by molar-refractivity contribution is -0.139. The lowest BCUT2D eigenvalue weighted by atomic mass is 9.95. The third-order valence-electron chi connectivity index (χ3n) is 5.27. The number of carbonyl (C=O) groups excluding carboxylic acids is 1. The van der Waals surface area contributed by atoms with Crippen LogP contribution in [0.25, 0.3) is 6.08 Å². The molecular formula is C26H26N2O6S. The van der Waals surface area contributed by atoms with Gasteiger partial charge in [0.05, 0.1) is 41.3 Å². The van der Waals surface area contributed by atoms with Crippen LogP contribution in [0.4, 0.5) is 0 Å². The summed E-state index contributed by atoms with van der Waals surface area (Å²) >= 11 is 1.23. The predicted octanol–water partition coefficient (Wildman–Crippen LogP) is 3.35. The smallest absolute Gasteiger partial charge is 0.338 e. The van der Waals surface area contributed by atoms with Crippen LogP contribution in [-0.2, 0) is 9.53 Å². The van der Waals surface area contributed by atoms with Crippen LogP contribution in [0.2, 0.25) is 0 Å². The van der Waals surface area contributed by atoms with Crippen molar-refractivity contribution in [1.29, 1.82) is 0 Å². The number of furan rings is 1. The zero-order chi connectivity index (χ0) is 24.9. The highest BCUT2D eigenvalue weighted by molar-refractivity contribution is 7.07. The Balaban J connectivity index is 1.93. The van der Waals surface area contributed by atoms with Gasteiger partial charge in [0.2, 0.25) is 0 Å². The summed E-state index contributed by atoms with van der Waals surface area (Å²) in [4.78, 5) is 31.7. The Kier molecular flexibility index (Phi) is 7.36. The average molecular weight is 495 g/mol. The van der Waals surface area contributed by atoms with Crippen molar-refractivity contribution >= 4 is 23.4 Å². The number of thiazole rings is 1. The van der Waals surface area contributed by atoms with Crippen LogP contribution >= 0.6 is 11.3 Å². The second kappa shape index (κ2) is 10.6. The topological polar surface area (TPSA) is 92.3 Å². The molecule has 0 saturated carbocycles. The van der Waals surface area contributed by atoms with E-state index in [2.05, 4.69) is 11.6 Å². The Morgan fingerprint density at radius 2 is 2.06 bits per heavy atom. The van der Waals surface area contributed by atoms with E-state index < -0.39 is 12.0 Å². The second-order valence-electron chi connectivity index (χ2n) is 7.56. The van der Waals surface area contributed by atoms with E-state index in [1.807, 2.05) is 13.0 Å². The summed E-state index contributed by atoms with van der Waals surface area (Å²) in [7, 11) is 0. The van der Waals surface area contributed by atoms with Gasteiger partial charge in [-0.05, 0) is 50.6 Å². The molecule has 0 amide bonds. The van der Waals surface area contributed by atoms with Gasteiger partial charge in [0.25, 0.3) is 5.56 Å². The molecule has 1 aliphatic rings. The van der Waals surface area contributed by atoms with Gasteiger partial charge in [-0.3, -0.25) is 9.36 Å². The molecule has 1 atom stereocenters. The fourth-order valence-electron chi connectivity index (χ4n) is 3.84. The molecule has 8 nitrogen and oxygen atoms in total. The molecule has 35 heavy (non-hydrogen) atoms. The molecule has 0 fully saturated rings. The van der Waals surface area contributed by atoms with Crippen molar-refractivity contribution in [2.75, 3.05) is 19.8 Å². The molecule has 0 aliphatic carbocycles. The van der Waals surface area contributed by atoms with Crippen LogP contribution in [0, 0.1) is 0 Å². The first-order valence-electron chi connectivity index (χ1n) is 11.2. The van der Waals surface area contributed by atoms with E-state index in [0.29, 0.717) is 56.6 Å². The Morgan fingerprint density at radius 3 is 2.74 bits per heavy atom. The molecule has 3 aromatic rings. The van der Waals surface area contributed by atoms with Crippen molar-refractivity contribution in [3.8, 4) is 11.5 Å². The molecule has 1 aliphatic heterocycles. The highest BCUT2D eigenvalue weighted by atomic mass is 32.1. The minimum absolute atomic E-state index is 0.198. The van der Waals surface area contributed by atoms with Crippen LogP contribution in [0.15, 0.2) is 74.7 Å². The molecule has 2 aromatic heterocycles. The normalized spacial score (nSPS) is 15.4. The highest BCUT2D eigenvalue weighted by Crippen LogP contribution is 2.36. The maximum absolute atomic E-state index is 13.6. The summed E-state index contributed by atoms with van der Waals surface area (Å²) in [5, 5.41) is 0. The molecule has 4 rings (SSSR count). The zero-order valence-electron chi connectivity index (χ0n) is 19.8. The number of rotatable bonds is 9. The molecule has 0 N–H and O–H groups in total. The molecule has 0 spiro atoms. The molecule has 0 saturated heterocycles. The largest absolute Gasteiger partial charge is 0.490 e. The summed E-state index contributed by atoms with van der Waals surface area (Å²) < 4.78 is 24.2. The van der Waals surface area contributed by atoms with Crippen LogP contribution in [0.3, 0.4) is 0 Å². The third kappa shape index (κ3) is 4.85. The Labute approximate surface area is 206 Å². The number of allylic oxidation sites excluding steroid dienone is 1. The number of ether oxygens (including phenoxy) is 3. The number of hydrogen-bond acceptors (Lipinski definition) is 8. The zero-order valence-corrected chi connectivity index (χ0v) is 20.6. The number of hydrogen-bond donors (Lipinski definition) is 0. The van der Waals surface area contributed by atoms with Crippen LogP contribution in [-0.4, -0.2) is 30.4 Å². The second-order valence-corrected chi connectivity index (χ2v) is 8.57. The van der Waals surface area contributed by atoms with Crippen LogP contribution in [0.1, 0.15) is 38.1 Å². The first-order valence-corrected chi connectivity index (χ1v) is 12.0. The summed E-state index contributed by atoms with van der Waals surface area (Å²) in [6.07, 6.45) is 4.85. The SMILES string of the molecule is C=CCOc1ccc([C@H]2C(C(=O)OCC)=C(C)N=c3s/c(=C/c4ccco4)c(=O)n32)cc1OCC. The Hall–Kier alpha value is -3.85. The summed E-state index contributed by atoms with van der Waals surface area (Å²) in [5.74, 6) is 1.07. The third-order valence-corrected chi connectivity index (χ3v) is 6.26. The number of benzene rings is 1. The van der Waals surface area contributed by atoms with Gasteiger partial charge in [-0.15, -0.1) is 0 Å².